The van der Waals surface area contributed by atoms with Crippen molar-refractivity contribution in [1.29, 1.82) is 0 Å². The number of allylic oxidation sites excluding steroid dienone is 2. The number of carboxylic acid groups (broad SMARTS) is 1. The van der Waals surface area contributed by atoms with E-state index in [1.807, 2.05) is 0 Å². The second kappa shape index (κ2) is 5.80. The largest absolute Gasteiger partial charge is 0.481 e. The molecule has 0 saturated heterocycles. The Hall–Kier alpha value is -1.65. The minimum Gasteiger partial charge on any atom is -0.481 e. The van der Waals surface area contributed by atoms with Crippen LogP contribution >= 0.6 is 0 Å². The summed E-state index contributed by atoms with van der Waals surface area (Å²) in [7, 11) is 1.18. The van der Waals surface area contributed by atoms with Gasteiger partial charge in [0, 0.05) is 6.42 Å². The number of esters is 1. The van der Waals surface area contributed by atoms with E-state index in [9.17, 15) is 14.4 Å². The van der Waals surface area contributed by atoms with E-state index in [4.69, 9.17) is 5.11 Å². The molecule has 0 aromatic heterocycles. The fraction of sp³-hybridized carbons (Fsp3) is 0.615. The molecule has 5 heteroatoms. The van der Waals surface area contributed by atoms with Crippen molar-refractivity contribution in [1.82, 2.24) is 0 Å². The molecule has 0 bridgehead atoms. The normalized spacial score (nSPS) is 22.9. The summed E-state index contributed by atoms with van der Waals surface area (Å²) in [5.74, 6) is -3.50. The van der Waals surface area contributed by atoms with Crippen molar-refractivity contribution in [3.63, 3.8) is 0 Å². The molecule has 0 amide bonds. The van der Waals surface area contributed by atoms with E-state index in [0.29, 0.717) is 12.8 Å². The zero-order chi connectivity index (χ0) is 13.9. The van der Waals surface area contributed by atoms with Gasteiger partial charge < -0.3 is 9.84 Å². The maximum Gasteiger partial charge on any atom is 0.320 e. The van der Waals surface area contributed by atoms with Gasteiger partial charge in [-0.3, -0.25) is 14.4 Å². The Balaban J connectivity index is 2.93. The topological polar surface area (TPSA) is 80.7 Å². The van der Waals surface area contributed by atoms with E-state index >= 15 is 0 Å². The van der Waals surface area contributed by atoms with Crippen molar-refractivity contribution in [2.24, 2.45) is 17.8 Å². The van der Waals surface area contributed by atoms with Gasteiger partial charge in [0.2, 0.25) is 0 Å². The van der Waals surface area contributed by atoms with Gasteiger partial charge in [0.05, 0.1) is 7.11 Å². The van der Waals surface area contributed by atoms with Crippen LogP contribution in [0.1, 0.15) is 26.7 Å². The van der Waals surface area contributed by atoms with Crippen molar-refractivity contribution >= 4 is 17.7 Å². The molecule has 3 atom stereocenters. The molecule has 1 aliphatic rings. The highest BCUT2D eigenvalue weighted by Gasteiger charge is 2.38. The van der Waals surface area contributed by atoms with Crippen molar-refractivity contribution in [3.05, 3.63) is 11.6 Å². The third-order valence-electron chi connectivity index (χ3n) is 3.56. The highest BCUT2D eigenvalue weighted by atomic mass is 16.5. The van der Waals surface area contributed by atoms with Gasteiger partial charge >= 0.3 is 11.9 Å². The first-order chi connectivity index (χ1) is 8.38. The Bertz CT molecular complexity index is 396. The van der Waals surface area contributed by atoms with E-state index in [0.717, 1.165) is 5.57 Å². The van der Waals surface area contributed by atoms with Crippen LogP contribution in [0.5, 0.6) is 0 Å². The number of rotatable bonds is 4. The van der Waals surface area contributed by atoms with Gasteiger partial charge in [0.15, 0.2) is 11.7 Å². The number of aliphatic carboxylic acids is 1. The van der Waals surface area contributed by atoms with Gasteiger partial charge in [-0.1, -0.05) is 12.5 Å². The molecule has 3 unspecified atom stereocenters. The molecule has 1 aliphatic carbocycles. The smallest absolute Gasteiger partial charge is 0.320 e. The molecule has 0 fully saturated rings. The minimum absolute atomic E-state index is 0.0564. The van der Waals surface area contributed by atoms with E-state index in [2.05, 4.69) is 4.74 Å². The van der Waals surface area contributed by atoms with Crippen LogP contribution in [0.15, 0.2) is 11.6 Å². The van der Waals surface area contributed by atoms with Gasteiger partial charge in [0.25, 0.3) is 0 Å². The number of carbonyl (C=O) groups excluding carboxylic acids is 2. The highest BCUT2D eigenvalue weighted by molar-refractivity contribution is 5.94. The third-order valence-corrected chi connectivity index (χ3v) is 3.56. The third kappa shape index (κ3) is 2.97. The number of hydrogen-bond donors (Lipinski definition) is 1. The molecule has 1 N–H and O–H groups in total. The lowest BCUT2D eigenvalue weighted by molar-refractivity contribution is -0.160. The van der Waals surface area contributed by atoms with Crippen molar-refractivity contribution in [3.8, 4) is 0 Å². The number of ketones is 1. The summed E-state index contributed by atoms with van der Waals surface area (Å²) >= 11 is 0. The molecule has 1 rings (SSSR count). The summed E-state index contributed by atoms with van der Waals surface area (Å²) in [4.78, 5) is 33.9. The summed E-state index contributed by atoms with van der Waals surface area (Å²) in [6.07, 6.45) is 2.53. The number of carbonyl (C=O) groups is 3. The fourth-order valence-electron chi connectivity index (χ4n) is 2.54. The van der Waals surface area contributed by atoms with E-state index in [1.54, 1.807) is 19.9 Å². The molecule has 100 valence electrons. The second-order valence-corrected chi connectivity index (χ2v) is 4.70. The van der Waals surface area contributed by atoms with Crippen LogP contribution in [0.25, 0.3) is 0 Å². The SMILES string of the molecule is COC(=O)C(C(=O)O)C(C)C1CCC(=O)C=C1C. The fourth-order valence-corrected chi connectivity index (χ4v) is 2.54. The Morgan fingerprint density at radius 3 is 2.56 bits per heavy atom. The molecule has 0 heterocycles. The summed E-state index contributed by atoms with van der Waals surface area (Å²) in [5, 5.41) is 9.13. The Kier molecular flexibility index (Phi) is 4.64. The number of methoxy groups -OCH3 is 1. The zero-order valence-corrected chi connectivity index (χ0v) is 10.8. The standard InChI is InChI=1S/C13H18O5/c1-7-6-9(14)4-5-10(7)8(2)11(12(15)16)13(17)18-3/h6,8,10-11H,4-5H2,1-3H3,(H,15,16). The predicted octanol–water partition coefficient (Wildman–Crippen LogP) is 1.42. The van der Waals surface area contributed by atoms with Crippen LogP contribution in [0.3, 0.4) is 0 Å². The Labute approximate surface area is 106 Å². The van der Waals surface area contributed by atoms with Crippen LogP contribution in [0.4, 0.5) is 0 Å². The van der Waals surface area contributed by atoms with Crippen molar-refractivity contribution < 1.29 is 24.2 Å². The second-order valence-electron chi connectivity index (χ2n) is 4.70. The van der Waals surface area contributed by atoms with E-state index in [-0.39, 0.29) is 17.6 Å². The quantitative estimate of drug-likeness (QED) is 0.606. The average Bonchev–Trinajstić information content (AvgIpc) is 2.28. The maximum absolute atomic E-state index is 11.5. The lowest BCUT2D eigenvalue weighted by Crippen LogP contribution is -2.36. The molecular formula is C13H18O5. The first-order valence-corrected chi connectivity index (χ1v) is 5.90. The summed E-state index contributed by atoms with van der Waals surface area (Å²) in [6.45, 7) is 3.52. The highest BCUT2D eigenvalue weighted by Crippen LogP contribution is 2.34. The summed E-state index contributed by atoms with van der Waals surface area (Å²) in [5.41, 5.74) is 0.842. The van der Waals surface area contributed by atoms with Crippen LogP contribution < -0.4 is 0 Å². The lowest BCUT2D eigenvalue weighted by Gasteiger charge is -2.30. The number of ether oxygens (including phenoxy) is 1. The van der Waals surface area contributed by atoms with Crippen LogP contribution in [0, 0.1) is 17.8 Å². The zero-order valence-electron chi connectivity index (χ0n) is 10.8. The van der Waals surface area contributed by atoms with Gasteiger partial charge in [-0.05, 0) is 31.3 Å². The molecule has 0 aromatic carbocycles. The molecule has 0 aromatic rings. The molecule has 0 saturated carbocycles. The average molecular weight is 254 g/mol. The predicted molar refractivity (Wildman–Crippen MR) is 63.8 cm³/mol. The van der Waals surface area contributed by atoms with Gasteiger partial charge in [0.1, 0.15) is 0 Å². The van der Waals surface area contributed by atoms with Crippen LogP contribution in [-0.2, 0) is 19.1 Å². The molecule has 0 radical (unpaired) electrons. The summed E-state index contributed by atoms with van der Waals surface area (Å²) in [6, 6.07) is 0. The molecule has 18 heavy (non-hydrogen) atoms. The number of carboxylic acids is 1. The van der Waals surface area contributed by atoms with Crippen molar-refractivity contribution in [2.75, 3.05) is 7.11 Å². The van der Waals surface area contributed by atoms with Crippen LogP contribution in [0.2, 0.25) is 0 Å². The minimum atomic E-state index is -1.18. The van der Waals surface area contributed by atoms with Gasteiger partial charge in [-0.25, -0.2) is 0 Å². The van der Waals surface area contributed by atoms with Crippen LogP contribution in [-0.4, -0.2) is 29.9 Å². The maximum atomic E-state index is 11.5. The monoisotopic (exact) mass is 254 g/mol. The Morgan fingerprint density at radius 2 is 2.11 bits per heavy atom. The van der Waals surface area contributed by atoms with Crippen molar-refractivity contribution in [2.45, 2.75) is 26.7 Å². The van der Waals surface area contributed by atoms with Gasteiger partial charge in [-0.2, -0.15) is 0 Å². The van der Waals surface area contributed by atoms with Gasteiger partial charge in [-0.15, -0.1) is 0 Å². The molecule has 0 aliphatic heterocycles. The first kappa shape index (κ1) is 14.4. The summed E-state index contributed by atoms with van der Waals surface area (Å²) < 4.78 is 4.54. The van der Waals surface area contributed by atoms with E-state index in [1.165, 1.54) is 7.11 Å². The molecular weight excluding hydrogens is 236 g/mol. The number of hydrogen-bond acceptors (Lipinski definition) is 4. The lowest BCUT2D eigenvalue weighted by atomic mass is 9.74. The first-order valence-electron chi connectivity index (χ1n) is 5.90. The van der Waals surface area contributed by atoms with E-state index < -0.39 is 17.9 Å². The molecule has 5 nitrogen and oxygen atoms in total. The Morgan fingerprint density at radius 1 is 1.50 bits per heavy atom. The molecule has 0 spiro atoms.